The molecule has 0 saturated heterocycles. The normalized spacial score (nSPS) is 14.1. The molecular weight excluding hydrogens is 392 g/mol. The summed E-state index contributed by atoms with van der Waals surface area (Å²) in [5.74, 6) is -1.13. The molecule has 0 saturated carbocycles. The fraction of sp³-hybridized carbons (Fsp3) is 0.333. The third-order valence-corrected chi connectivity index (χ3v) is 6.32. The maximum atomic E-state index is 12.4. The summed E-state index contributed by atoms with van der Waals surface area (Å²) in [6, 6.07) is 11.2. The highest BCUT2D eigenvalue weighted by atomic mass is 32.2. The van der Waals surface area contributed by atoms with Crippen molar-refractivity contribution in [3.8, 4) is 0 Å². The largest absolute Gasteiger partial charge is 0.449 e. The number of rotatable bonds is 7. The van der Waals surface area contributed by atoms with Gasteiger partial charge in [-0.2, -0.15) is 0 Å². The van der Waals surface area contributed by atoms with Gasteiger partial charge in [-0.3, -0.25) is 4.79 Å². The maximum absolute atomic E-state index is 12.4. The number of ether oxygens (including phenoxy) is 1. The Morgan fingerprint density at radius 1 is 1.07 bits per heavy atom. The second kappa shape index (κ2) is 8.75. The van der Waals surface area contributed by atoms with Crippen molar-refractivity contribution in [2.45, 2.75) is 44.1 Å². The Bertz CT molecular complexity index is 1020. The van der Waals surface area contributed by atoms with Crippen LogP contribution < -0.4 is 10.0 Å². The maximum Gasteiger partial charge on any atom is 0.338 e. The lowest BCUT2D eigenvalue weighted by molar-refractivity contribution is -0.123. The minimum atomic E-state index is -3.59. The van der Waals surface area contributed by atoms with Gasteiger partial charge in [-0.05, 0) is 73.7 Å². The molecular formula is C21H24N2O5S. The minimum Gasteiger partial charge on any atom is -0.449 e. The highest BCUT2D eigenvalue weighted by Gasteiger charge is 2.21. The van der Waals surface area contributed by atoms with Crippen LogP contribution in [0.15, 0.2) is 47.4 Å². The van der Waals surface area contributed by atoms with E-state index in [2.05, 4.69) is 10.0 Å². The fourth-order valence-corrected chi connectivity index (χ4v) is 4.26. The van der Waals surface area contributed by atoms with Crippen LogP contribution in [0.5, 0.6) is 0 Å². The van der Waals surface area contributed by atoms with Crippen molar-refractivity contribution in [2.24, 2.45) is 0 Å². The number of fused-ring (bicyclic) bond motifs is 1. The summed E-state index contributed by atoms with van der Waals surface area (Å²) in [4.78, 5) is 24.7. The van der Waals surface area contributed by atoms with Gasteiger partial charge in [-0.15, -0.1) is 0 Å². The summed E-state index contributed by atoms with van der Waals surface area (Å²) in [6.45, 7) is 3.44. The molecule has 0 fully saturated rings. The fourth-order valence-electron chi connectivity index (χ4n) is 3.22. The third kappa shape index (κ3) is 5.02. The SMILES string of the molecule is CCNS(=O)(=O)c1ccc(C(=O)O[C@@H](C)C(=O)Nc2ccc3c(c2)CCC3)cc1. The van der Waals surface area contributed by atoms with Gasteiger partial charge in [-0.1, -0.05) is 13.0 Å². The molecule has 29 heavy (non-hydrogen) atoms. The number of benzene rings is 2. The van der Waals surface area contributed by atoms with Crippen LogP contribution in [0.1, 0.15) is 41.8 Å². The number of hydrogen-bond acceptors (Lipinski definition) is 5. The lowest BCUT2D eigenvalue weighted by Crippen LogP contribution is -2.30. The van der Waals surface area contributed by atoms with E-state index < -0.39 is 28.0 Å². The standard InChI is InChI=1S/C21H24N2O5S/c1-3-22-29(26,27)19-11-8-16(9-12-19)21(25)28-14(2)20(24)23-18-10-7-15-5-4-6-17(15)13-18/h7-14,22H,3-6H2,1-2H3,(H,23,24)/t14-/m0/s1. The van der Waals surface area contributed by atoms with Crippen molar-refractivity contribution in [3.63, 3.8) is 0 Å². The van der Waals surface area contributed by atoms with Crippen molar-refractivity contribution in [1.82, 2.24) is 4.72 Å². The first kappa shape index (κ1) is 21.0. The quantitative estimate of drug-likeness (QED) is 0.676. The summed E-state index contributed by atoms with van der Waals surface area (Å²) in [7, 11) is -3.59. The molecule has 1 atom stereocenters. The van der Waals surface area contributed by atoms with Crippen LogP contribution in [0.3, 0.4) is 0 Å². The van der Waals surface area contributed by atoms with E-state index in [0.29, 0.717) is 5.69 Å². The zero-order valence-electron chi connectivity index (χ0n) is 16.4. The first-order chi connectivity index (χ1) is 13.8. The lowest BCUT2D eigenvalue weighted by Gasteiger charge is -2.14. The molecule has 1 aliphatic carbocycles. The second-order valence-electron chi connectivity index (χ2n) is 6.90. The Morgan fingerprint density at radius 2 is 1.76 bits per heavy atom. The number of carbonyl (C=O) groups excluding carboxylic acids is 2. The zero-order valence-corrected chi connectivity index (χ0v) is 17.2. The van der Waals surface area contributed by atoms with Crippen molar-refractivity contribution >= 4 is 27.6 Å². The molecule has 2 aromatic rings. The topological polar surface area (TPSA) is 102 Å². The van der Waals surface area contributed by atoms with Crippen LogP contribution in [0, 0.1) is 0 Å². The molecule has 8 heteroatoms. The van der Waals surface area contributed by atoms with Gasteiger partial charge in [0, 0.05) is 12.2 Å². The van der Waals surface area contributed by atoms with Crippen LogP contribution >= 0.6 is 0 Å². The number of carbonyl (C=O) groups is 2. The molecule has 0 radical (unpaired) electrons. The Labute approximate surface area is 170 Å². The summed E-state index contributed by atoms with van der Waals surface area (Å²) in [5.41, 5.74) is 3.39. The van der Waals surface area contributed by atoms with Crippen molar-refractivity contribution in [1.29, 1.82) is 0 Å². The summed E-state index contributed by atoms with van der Waals surface area (Å²) in [6.07, 6.45) is 2.19. The summed E-state index contributed by atoms with van der Waals surface area (Å²) < 4.78 is 31.5. The molecule has 0 unspecified atom stereocenters. The van der Waals surface area contributed by atoms with E-state index in [1.54, 1.807) is 6.92 Å². The molecule has 0 heterocycles. The Kier molecular flexibility index (Phi) is 6.34. The van der Waals surface area contributed by atoms with E-state index in [4.69, 9.17) is 4.74 Å². The predicted octanol–water partition coefficient (Wildman–Crippen LogP) is 2.66. The number of esters is 1. The van der Waals surface area contributed by atoms with Gasteiger partial charge in [0.15, 0.2) is 6.10 Å². The molecule has 154 valence electrons. The number of aryl methyl sites for hydroxylation is 2. The molecule has 0 aliphatic heterocycles. The van der Waals surface area contributed by atoms with E-state index in [0.717, 1.165) is 19.3 Å². The number of amides is 1. The highest BCUT2D eigenvalue weighted by Crippen LogP contribution is 2.25. The average Bonchev–Trinajstić information content (AvgIpc) is 3.15. The summed E-state index contributed by atoms with van der Waals surface area (Å²) >= 11 is 0. The van der Waals surface area contributed by atoms with Crippen LogP contribution in [0.2, 0.25) is 0 Å². The first-order valence-corrected chi connectivity index (χ1v) is 11.0. The van der Waals surface area contributed by atoms with E-state index in [-0.39, 0.29) is 17.0 Å². The Morgan fingerprint density at radius 3 is 2.45 bits per heavy atom. The molecule has 0 spiro atoms. The molecule has 3 rings (SSSR count). The average molecular weight is 416 g/mol. The van der Waals surface area contributed by atoms with Crippen molar-refractivity contribution in [2.75, 3.05) is 11.9 Å². The molecule has 0 aromatic heterocycles. The predicted molar refractivity (Wildman–Crippen MR) is 109 cm³/mol. The van der Waals surface area contributed by atoms with Crippen LogP contribution in [0.25, 0.3) is 0 Å². The van der Waals surface area contributed by atoms with E-state index in [1.165, 1.54) is 42.3 Å². The molecule has 1 aliphatic rings. The number of hydrogen-bond donors (Lipinski definition) is 2. The monoisotopic (exact) mass is 416 g/mol. The zero-order chi connectivity index (χ0) is 21.0. The minimum absolute atomic E-state index is 0.0540. The van der Waals surface area contributed by atoms with Gasteiger partial charge >= 0.3 is 5.97 Å². The van der Waals surface area contributed by atoms with Crippen molar-refractivity contribution in [3.05, 3.63) is 59.2 Å². The third-order valence-electron chi connectivity index (χ3n) is 4.75. The lowest BCUT2D eigenvalue weighted by atomic mass is 10.1. The van der Waals surface area contributed by atoms with Gasteiger partial charge in [0.1, 0.15) is 0 Å². The molecule has 1 amide bonds. The van der Waals surface area contributed by atoms with Crippen LogP contribution in [0.4, 0.5) is 5.69 Å². The number of nitrogens with one attached hydrogen (secondary N) is 2. The Hall–Kier alpha value is -2.71. The van der Waals surface area contributed by atoms with Gasteiger partial charge in [-0.25, -0.2) is 17.9 Å². The number of sulfonamides is 1. The van der Waals surface area contributed by atoms with Gasteiger partial charge < -0.3 is 10.1 Å². The molecule has 7 nitrogen and oxygen atoms in total. The smallest absolute Gasteiger partial charge is 0.338 e. The number of anilines is 1. The van der Waals surface area contributed by atoms with Crippen LogP contribution in [-0.2, 0) is 32.4 Å². The van der Waals surface area contributed by atoms with E-state index in [1.807, 2.05) is 18.2 Å². The van der Waals surface area contributed by atoms with Gasteiger partial charge in [0.2, 0.25) is 10.0 Å². The van der Waals surface area contributed by atoms with E-state index in [9.17, 15) is 18.0 Å². The molecule has 0 bridgehead atoms. The van der Waals surface area contributed by atoms with Gasteiger partial charge in [0.05, 0.1) is 10.5 Å². The Balaban J connectivity index is 1.60. The van der Waals surface area contributed by atoms with Crippen LogP contribution in [-0.4, -0.2) is 32.9 Å². The summed E-state index contributed by atoms with van der Waals surface area (Å²) in [5, 5.41) is 2.77. The molecule has 2 N–H and O–H groups in total. The molecule has 2 aromatic carbocycles. The van der Waals surface area contributed by atoms with Crippen molar-refractivity contribution < 1.29 is 22.7 Å². The first-order valence-electron chi connectivity index (χ1n) is 9.53. The van der Waals surface area contributed by atoms with Gasteiger partial charge in [0.25, 0.3) is 5.91 Å². The van der Waals surface area contributed by atoms with E-state index >= 15 is 0 Å². The highest BCUT2D eigenvalue weighted by molar-refractivity contribution is 7.89. The second-order valence-corrected chi connectivity index (χ2v) is 8.67.